The highest BCUT2D eigenvalue weighted by atomic mass is 35.5. The first kappa shape index (κ1) is 34.1. The summed E-state index contributed by atoms with van der Waals surface area (Å²) in [6.45, 7) is 10.6. The Bertz CT molecular complexity index is 1380. The summed E-state index contributed by atoms with van der Waals surface area (Å²) in [5, 5.41) is 2.24. The van der Waals surface area contributed by atoms with Crippen molar-refractivity contribution in [2.24, 2.45) is 0 Å². The number of esters is 1. The zero-order valence-corrected chi connectivity index (χ0v) is 25.0. The predicted molar refractivity (Wildman–Crippen MR) is 156 cm³/mol. The standard InChI is InChI=1S/C30H36ClF2NO6S/c1-6-9-10-11-13-20-15-22(32)14-19(4)28(20)21-16-23(29(33)24(31)17-21)25(18-27(35)39-8-3)34-30(36)26(12-7-2)40-41(5,37)38/h6-7,14-17,25-26H,1-2,8-13,18H2,3-5H3,(H,34,36)/t25-,26+/m0/s1. The summed E-state index contributed by atoms with van der Waals surface area (Å²) in [6.07, 6.45) is 4.70. The average molecular weight is 612 g/mol. The maximum atomic E-state index is 15.6. The first-order valence-electron chi connectivity index (χ1n) is 13.2. The van der Waals surface area contributed by atoms with Gasteiger partial charge in [0.15, 0.2) is 6.10 Å². The summed E-state index contributed by atoms with van der Waals surface area (Å²) >= 11 is 6.32. The number of benzene rings is 2. The molecule has 7 nitrogen and oxygen atoms in total. The van der Waals surface area contributed by atoms with Gasteiger partial charge in [-0.15, -0.1) is 13.2 Å². The topological polar surface area (TPSA) is 98.8 Å². The van der Waals surface area contributed by atoms with Crippen molar-refractivity contribution in [3.8, 4) is 11.1 Å². The highest BCUT2D eigenvalue weighted by Gasteiger charge is 2.30. The maximum absolute atomic E-state index is 15.6. The molecule has 0 aromatic heterocycles. The Labute approximate surface area is 245 Å². The van der Waals surface area contributed by atoms with Crippen LogP contribution in [0.2, 0.25) is 5.02 Å². The van der Waals surface area contributed by atoms with Crippen LogP contribution in [0.4, 0.5) is 8.78 Å². The van der Waals surface area contributed by atoms with Crippen molar-refractivity contribution in [2.75, 3.05) is 12.9 Å². The van der Waals surface area contributed by atoms with Crippen molar-refractivity contribution < 1.29 is 35.7 Å². The van der Waals surface area contributed by atoms with Gasteiger partial charge < -0.3 is 10.1 Å². The Morgan fingerprint density at radius 2 is 1.83 bits per heavy atom. The Morgan fingerprint density at radius 3 is 2.44 bits per heavy atom. The minimum Gasteiger partial charge on any atom is -0.466 e. The molecular formula is C30H36ClF2NO6S. The summed E-state index contributed by atoms with van der Waals surface area (Å²) in [6, 6.07) is 4.34. The second kappa shape index (κ2) is 15.8. The van der Waals surface area contributed by atoms with E-state index in [2.05, 4.69) is 18.5 Å². The zero-order chi connectivity index (χ0) is 30.7. The molecule has 0 heterocycles. The molecule has 0 fully saturated rings. The van der Waals surface area contributed by atoms with Crippen LogP contribution in [-0.4, -0.2) is 39.3 Å². The smallest absolute Gasteiger partial charge is 0.308 e. The lowest BCUT2D eigenvalue weighted by Crippen LogP contribution is -2.40. The number of carbonyl (C=O) groups excluding carboxylic acids is 2. The summed E-state index contributed by atoms with van der Waals surface area (Å²) < 4.78 is 63.3. The van der Waals surface area contributed by atoms with Gasteiger partial charge in [-0.3, -0.25) is 13.8 Å². The van der Waals surface area contributed by atoms with E-state index in [1.807, 2.05) is 6.08 Å². The fourth-order valence-electron chi connectivity index (χ4n) is 4.48. The van der Waals surface area contributed by atoms with E-state index in [4.69, 9.17) is 20.5 Å². The number of carbonyl (C=O) groups is 2. The van der Waals surface area contributed by atoms with Crippen LogP contribution in [0.15, 0.2) is 49.6 Å². The second-order valence-corrected chi connectivity index (χ2v) is 11.5. The Kier molecular flexibility index (Phi) is 13.1. The molecular weight excluding hydrogens is 576 g/mol. The normalized spacial score (nSPS) is 12.8. The number of nitrogens with one attached hydrogen (secondary N) is 1. The van der Waals surface area contributed by atoms with Crippen LogP contribution < -0.4 is 5.32 Å². The second-order valence-electron chi connectivity index (χ2n) is 9.54. The largest absolute Gasteiger partial charge is 0.466 e. The average Bonchev–Trinajstić information content (AvgIpc) is 2.86. The van der Waals surface area contributed by atoms with Crippen molar-refractivity contribution in [1.29, 1.82) is 0 Å². The van der Waals surface area contributed by atoms with Gasteiger partial charge in [0.2, 0.25) is 0 Å². The molecule has 0 radical (unpaired) electrons. The van der Waals surface area contributed by atoms with E-state index in [1.165, 1.54) is 30.3 Å². The monoisotopic (exact) mass is 611 g/mol. The molecule has 0 aliphatic rings. The molecule has 2 aromatic carbocycles. The Balaban J connectivity index is 2.63. The molecule has 2 rings (SSSR count). The van der Waals surface area contributed by atoms with Crippen LogP contribution in [0, 0.1) is 18.6 Å². The summed E-state index contributed by atoms with van der Waals surface area (Å²) in [7, 11) is -4.04. The number of rotatable bonds is 16. The quantitative estimate of drug-likeness (QED) is 0.100. The lowest BCUT2D eigenvalue weighted by molar-refractivity contribution is -0.144. The van der Waals surface area contributed by atoms with Gasteiger partial charge in [0.1, 0.15) is 11.6 Å². The molecule has 2 atom stereocenters. The van der Waals surface area contributed by atoms with Crippen LogP contribution >= 0.6 is 11.6 Å². The number of unbranched alkanes of at least 4 members (excludes halogenated alkanes) is 2. The fraction of sp³-hybridized carbons (Fsp3) is 0.400. The fourth-order valence-corrected chi connectivity index (χ4v) is 5.29. The van der Waals surface area contributed by atoms with Gasteiger partial charge in [0, 0.05) is 12.0 Å². The number of hydrogen-bond acceptors (Lipinski definition) is 6. The van der Waals surface area contributed by atoms with Crippen LogP contribution in [0.25, 0.3) is 11.1 Å². The van der Waals surface area contributed by atoms with Gasteiger partial charge in [-0.05, 0) is 86.1 Å². The SMILES string of the molecule is C=CCCCCc1cc(F)cc(C)c1-c1cc(Cl)c(F)c([C@H](CC(=O)OCC)NC(=O)[C@@H](CC=C)OS(C)(=O)=O)c1. The van der Waals surface area contributed by atoms with Crippen LogP contribution in [0.3, 0.4) is 0 Å². The van der Waals surface area contributed by atoms with Gasteiger partial charge in [-0.1, -0.05) is 23.8 Å². The lowest BCUT2D eigenvalue weighted by Gasteiger charge is -2.24. The van der Waals surface area contributed by atoms with E-state index in [9.17, 15) is 22.4 Å². The third-order valence-corrected chi connectivity index (χ3v) is 7.02. The molecule has 41 heavy (non-hydrogen) atoms. The van der Waals surface area contributed by atoms with Gasteiger partial charge in [-0.2, -0.15) is 8.42 Å². The minimum absolute atomic E-state index is 0.0447. The van der Waals surface area contributed by atoms with Gasteiger partial charge >= 0.3 is 5.97 Å². The van der Waals surface area contributed by atoms with Crippen molar-refractivity contribution in [3.63, 3.8) is 0 Å². The number of amides is 1. The number of allylic oxidation sites excluding steroid dienone is 1. The van der Waals surface area contributed by atoms with Crippen molar-refractivity contribution in [3.05, 3.63) is 82.9 Å². The molecule has 0 aliphatic carbocycles. The predicted octanol–water partition coefficient (Wildman–Crippen LogP) is 6.52. The molecule has 0 aliphatic heterocycles. The minimum atomic E-state index is -4.04. The molecule has 224 valence electrons. The summed E-state index contributed by atoms with van der Waals surface area (Å²) in [4.78, 5) is 25.6. The first-order chi connectivity index (χ1) is 19.3. The highest BCUT2D eigenvalue weighted by molar-refractivity contribution is 7.86. The van der Waals surface area contributed by atoms with Crippen molar-refractivity contribution in [2.45, 2.75) is 64.5 Å². The molecule has 2 aromatic rings. The third-order valence-electron chi connectivity index (χ3n) is 6.16. The number of ether oxygens (including phenoxy) is 1. The molecule has 11 heteroatoms. The van der Waals surface area contributed by atoms with Gasteiger partial charge in [0.25, 0.3) is 16.0 Å². The van der Waals surface area contributed by atoms with Crippen molar-refractivity contribution in [1.82, 2.24) is 5.32 Å². The Hall–Kier alpha value is -3.08. The van der Waals surface area contributed by atoms with E-state index in [0.717, 1.165) is 25.5 Å². The van der Waals surface area contributed by atoms with Crippen molar-refractivity contribution >= 4 is 33.6 Å². The van der Waals surface area contributed by atoms with E-state index < -0.39 is 52.2 Å². The molecule has 0 saturated heterocycles. The lowest BCUT2D eigenvalue weighted by atomic mass is 9.89. The summed E-state index contributed by atoms with van der Waals surface area (Å²) in [5.41, 5.74) is 2.27. The van der Waals surface area contributed by atoms with Crippen LogP contribution in [-0.2, 0) is 35.0 Å². The Morgan fingerprint density at radius 1 is 1.12 bits per heavy atom. The number of halogens is 3. The van der Waals surface area contributed by atoms with Gasteiger partial charge in [0.05, 0.1) is 30.3 Å². The highest BCUT2D eigenvalue weighted by Crippen LogP contribution is 2.36. The van der Waals surface area contributed by atoms with E-state index in [1.54, 1.807) is 13.8 Å². The van der Waals surface area contributed by atoms with Crippen LogP contribution in [0.1, 0.15) is 61.8 Å². The van der Waals surface area contributed by atoms with E-state index >= 15 is 4.39 Å². The first-order valence-corrected chi connectivity index (χ1v) is 15.3. The molecule has 0 saturated carbocycles. The molecule has 1 amide bonds. The van der Waals surface area contributed by atoms with E-state index in [0.29, 0.717) is 28.7 Å². The molecule has 1 N–H and O–H groups in total. The summed E-state index contributed by atoms with van der Waals surface area (Å²) in [5.74, 6) is -2.94. The van der Waals surface area contributed by atoms with Crippen LogP contribution in [0.5, 0.6) is 0 Å². The molecule has 0 spiro atoms. The number of aryl methyl sites for hydroxylation is 2. The van der Waals surface area contributed by atoms with E-state index in [-0.39, 0.29) is 23.6 Å². The molecule has 0 bridgehead atoms. The van der Waals surface area contributed by atoms with Gasteiger partial charge in [-0.25, -0.2) is 8.78 Å². The number of hydrogen-bond donors (Lipinski definition) is 1. The third kappa shape index (κ3) is 10.4. The zero-order valence-electron chi connectivity index (χ0n) is 23.5. The maximum Gasteiger partial charge on any atom is 0.308 e. The molecule has 0 unspecified atom stereocenters.